The molecule has 0 saturated heterocycles. The van der Waals surface area contributed by atoms with E-state index < -0.39 is 0 Å². The summed E-state index contributed by atoms with van der Waals surface area (Å²) < 4.78 is 10.9. The summed E-state index contributed by atoms with van der Waals surface area (Å²) in [6.07, 6.45) is 7.01. The number of benzene rings is 4. The van der Waals surface area contributed by atoms with E-state index in [1.807, 2.05) is 60.7 Å². The highest BCUT2D eigenvalue weighted by Crippen LogP contribution is 2.35. The summed E-state index contributed by atoms with van der Waals surface area (Å²) in [5, 5.41) is 13.1. The highest BCUT2D eigenvalue weighted by Gasteiger charge is 2.12. The van der Waals surface area contributed by atoms with Crippen LogP contribution in [0.1, 0.15) is 38.5 Å². The summed E-state index contributed by atoms with van der Waals surface area (Å²) in [6, 6.07) is 23.9. The predicted molar refractivity (Wildman–Crippen MR) is 186 cm³/mol. The van der Waals surface area contributed by atoms with Crippen LogP contribution >= 0.6 is 23.2 Å². The van der Waals surface area contributed by atoms with Crippen LogP contribution in [0.4, 0.5) is 11.4 Å². The molecule has 6 nitrogen and oxygen atoms in total. The molecule has 4 aromatic carbocycles. The van der Waals surface area contributed by atoms with E-state index in [2.05, 4.69) is 22.8 Å². The molecule has 0 unspecified atom stereocenters. The zero-order valence-corrected chi connectivity index (χ0v) is 26.6. The minimum Gasteiger partial charge on any atom is -0.497 e. The second kappa shape index (κ2) is 13.7. The molecule has 0 radical (unpaired) electrons. The van der Waals surface area contributed by atoms with Gasteiger partial charge in [0.2, 0.25) is 0 Å². The molecule has 2 aromatic heterocycles. The molecule has 0 bridgehead atoms. The van der Waals surface area contributed by atoms with Crippen molar-refractivity contribution in [2.24, 2.45) is 0 Å². The lowest BCUT2D eigenvalue weighted by molar-refractivity contribution is 0.415. The van der Waals surface area contributed by atoms with Gasteiger partial charge in [-0.1, -0.05) is 48.9 Å². The van der Waals surface area contributed by atoms with Crippen molar-refractivity contribution in [1.82, 2.24) is 9.97 Å². The van der Waals surface area contributed by atoms with Gasteiger partial charge in [0.15, 0.2) is 0 Å². The summed E-state index contributed by atoms with van der Waals surface area (Å²) in [6.45, 7) is 1.81. The Morgan fingerprint density at radius 3 is 1.27 bits per heavy atom. The number of aromatic nitrogens is 2. The van der Waals surface area contributed by atoms with Crippen molar-refractivity contribution in [3.63, 3.8) is 0 Å². The maximum absolute atomic E-state index is 6.28. The van der Waals surface area contributed by atoms with E-state index in [9.17, 15) is 0 Å². The van der Waals surface area contributed by atoms with Crippen LogP contribution in [0.2, 0.25) is 10.0 Å². The molecular weight excluding hydrogens is 591 g/mol. The summed E-state index contributed by atoms with van der Waals surface area (Å²) in [5.41, 5.74) is 5.76. The van der Waals surface area contributed by atoms with Crippen molar-refractivity contribution in [2.45, 2.75) is 38.5 Å². The lowest BCUT2D eigenvalue weighted by Gasteiger charge is -2.14. The Morgan fingerprint density at radius 1 is 0.500 bits per heavy atom. The Kier molecular flexibility index (Phi) is 9.39. The number of hydrogen-bond donors (Lipinski definition) is 2. The van der Waals surface area contributed by atoms with E-state index in [0.29, 0.717) is 10.0 Å². The van der Waals surface area contributed by atoms with E-state index in [1.165, 1.54) is 25.7 Å². The fraction of sp³-hybridized carbons (Fsp3) is 0.278. The van der Waals surface area contributed by atoms with Crippen LogP contribution in [0, 0.1) is 0 Å². The van der Waals surface area contributed by atoms with E-state index in [-0.39, 0.29) is 0 Å². The number of halogens is 2. The largest absolute Gasteiger partial charge is 0.497 e. The van der Waals surface area contributed by atoms with Crippen LogP contribution in [0.5, 0.6) is 11.5 Å². The minimum absolute atomic E-state index is 0.682. The Bertz CT molecular complexity index is 1810. The van der Waals surface area contributed by atoms with Crippen molar-refractivity contribution in [3.05, 3.63) is 82.8 Å². The third kappa shape index (κ3) is 6.57. The van der Waals surface area contributed by atoms with Crippen LogP contribution < -0.4 is 20.1 Å². The molecule has 0 amide bonds. The number of ether oxygens (including phenoxy) is 2. The average Bonchev–Trinajstić information content (AvgIpc) is 3.03. The molecular formula is C36H36Cl2N4O2. The Balaban J connectivity index is 1.00. The number of hydrogen-bond acceptors (Lipinski definition) is 6. The molecule has 8 heteroatoms. The first-order valence-electron chi connectivity index (χ1n) is 15.2. The van der Waals surface area contributed by atoms with Crippen LogP contribution in [-0.4, -0.2) is 37.3 Å². The van der Waals surface area contributed by atoms with Gasteiger partial charge in [0, 0.05) is 56.8 Å². The van der Waals surface area contributed by atoms with Crippen LogP contribution in [0.15, 0.2) is 72.8 Å². The summed E-state index contributed by atoms with van der Waals surface area (Å²) >= 11 is 12.6. The van der Waals surface area contributed by atoms with Gasteiger partial charge >= 0.3 is 0 Å². The second-order valence-electron chi connectivity index (χ2n) is 11.0. The lowest BCUT2D eigenvalue weighted by atomic mass is 10.1. The fourth-order valence-electron chi connectivity index (χ4n) is 5.82. The third-order valence-corrected chi connectivity index (χ3v) is 8.57. The van der Waals surface area contributed by atoms with Crippen molar-refractivity contribution in [3.8, 4) is 11.5 Å². The van der Waals surface area contributed by atoms with Crippen molar-refractivity contribution >= 4 is 78.2 Å². The maximum atomic E-state index is 6.28. The summed E-state index contributed by atoms with van der Waals surface area (Å²) in [4.78, 5) is 9.67. The molecule has 44 heavy (non-hydrogen) atoms. The molecule has 2 N–H and O–H groups in total. The zero-order valence-electron chi connectivity index (χ0n) is 25.1. The van der Waals surface area contributed by atoms with E-state index in [0.717, 1.165) is 92.4 Å². The number of anilines is 2. The number of unbranched alkanes of at least 4 members (excludes halogenated alkanes) is 5. The molecule has 6 rings (SSSR count). The highest BCUT2D eigenvalue weighted by molar-refractivity contribution is 6.32. The van der Waals surface area contributed by atoms with Crippen molar-refractivity contribution in [1.29, 1.82) is 0 Å². The number of pyridine rings is 2. The molecule has 0 saturated carbocycles. The molecule has 0 aliphatic heterocycles. The molecule has 0 spiro atoms. The first kappa shape index (κ1) is 30.0. The minimum atomic E-state index is 0.682. The first-order chi connectivity index (χ1) is 21.5. The fourth-order valence-corrected chi connectivity index (χ4v) is 6.15. The van der Waals surface area contributed by atoms with E-state index in [1.54, 1.807) is 14.2 Å². The van der Waals surface area contributed by atoms with Crippen LogP contribution in [0.3, 0.4) is 0 Å². The van der Waals surface area contributed by atoms with Gasteiger partial charge in [0.25, 0.3) is 0 Å². The van der Waals surface area contributed by atoms with Gasteiger partial charge in [-0.05, 0) is 73.5 Å². The number of rotatable bonds is 13. The van der Waals surface area contributed by atoms with Gasteiger partial charge in [-0.2, -0.15) is 0 Å². The normalized spacial score (nSPS) is 11.5. The first-order valence-corrected chi connectivity index (χ1v) is 15.9. The Morgan fingerprint density at radius 2 is 0.864 bits per heavy atom. The molecule has 226 valence electrons. The predicted octanol–water partition coefficient (Wildman–Crippen LogP) is 10.3. The number of nitrogens with zero attached hydrogens (tertiary/aromatic N) is 2. The van der Waals surface area contributed by atoms with Crippen molar-refractivity contribution in [2.75, 3.05) is 37.9 Å². The van der Waals surface area contributed by atoms with Gasteiger partial charge in [-0.3, -0.25) is 0 Å². The molecule has 0 atom stereocenters. The molecule has 6 aromatic rings. The number of fused-ring (bicyclic) bond motifs is 4. The SMILES string of the molecule is COc1ccc2c(NCCCCCCCCNc3c4ccc(Cl)cc4nc4cc(OC)ccc34)c3ccc(Cl)cc3nc2c1. The molecule has 0 aliphatic carbocycles. The monoisotopic (exact) mass is 626 g/mol. The summed E-state index contributed by atoms with van der Waals surface area (Å²) in [5.74, 6) is 1.58. The van der Waals surface area contributed by atoms with E-state index in [4.69, 9.17) is 42.6 Å². The van der Waals surface area contributed by atoms with Crippen LogP contribution in [-0.2, 0) is 0 Å². The Hall–Kier alpha value is -4.00. The standard InChI is InChI=1S/C36H36Cl2N4O2/c1-43-25-11-15-29-33(21-25)41-31-19-23(37)9-13-27(31)35(29)39-17-7-5-3-4-6-8-18-40-36-28-14-10-24(38)20-32(28)42-34-22-26(44-2)12-16-30(34)36/h9-16,19-22H,3-8,17-18H2,1-2H3,(H,39,41)(H,40,42). The number of methoxy groups -OCH3 is 2. The third-order valence-electron chi connectivity index (χ3n) is 8.10. The highest BCUT2D eigenvalue weighted by atomic mass is 35.5. The number of nitrogens with one attached hydrogen (secondary N) is 2. The van der Waals surface area contributed by atoms with Crippen molar-refractivity contribution < 1.29 is 9.47 Å². The van der Waals surface area contributed by atoms with E-state index >= 15 is 0 Å². The van der Waals surface area contributed by atoms with Crippen LogP contribution in [0.25, 0.3) is 43.6 Å². The van der Waals surface area contributed by atoms with Gasteiger partial charge in [0.1, 0.15) is 11.5 Å². The van der Waals surface area contributed by atoms with Gasteiger partial charge in [0.05, 0.1) is 47.7 Å². The zero-order chi connectivity index (χ0) is 30.5. The average molecular weight is 628 g/mol. The quantitative estimate of drug-likeness (QED) is 0.0981. The molecule has 0 fully saturated rings. The van der Waals surface area contributed by atoms with Gasteiger partial charge < -0.3 is 20.1 Å². The maximum Gasteiger partial charge on any atom is 0.121 e. The van der Waals surface area contributed by atoms with Gasteiger partial charge in [-0.15, -0.1) is 0 Å². The summed E-state index contributed by atoms with van der Waals surface area (Å²) in [7, 11) is 3.35. The lowest BCUT2D eigenvalue weighted by Crippen LogP contribution is -2.04. The van der Waals surface area contributed by atoms with Gasteiger partial charge in [-0.25, -0.2) is 9.97 Å². The Labute approximate surface area is 267 Å². The topological polar surface area (TPSA) is 68.3 Å². The second-order valence-corrected chi connectivity index (χ2v) is 11.9. The molecule has 2 heterocycles. The molecule has 0 aliphatic rings. The smallest absolute Gasteiger partial charge is 0.121 e.